The van der Waals surface area contributed by atoms with Crippen molar-refractivity contribution in [3.8, 4) is 0 Å². The summed E-state index contributed by atoms with van der Waals surface area (Å²) in [6.07, 6.45) is 0. The summed E-state index contributed by atoms with van der Waals surface area (Å²) in [7, 11) is 3.74. The number of carbonyl (C=O) groups is 1. The summed E-state index contributed by atoms with van der Waals surface area (Å²) >= 11 is 0. The topological polar surface area (TPSA) is 32.3 Å². The molecular formula is C6H16N2O. The Bertz CT molecular complexity index is 95.7. The molecule has 0 spiro atoms. The van der Waals surface area contributed by atoms with Crippen molar-refractivity contribution in [1.82, 2.24) is 10.2 Å². The molecule has 0 saturated heterocycles. The SMILES string of the molecule is CCNC(=O)CN(C)C.[HH]. The number of amides is 1. The van der Waals surface area contributed by atoms with Gasteiger partial charge in [0.25, 0.3) is 0 Å². The molecule has 0 unspecified atom stereocenters. The van der Waals surface area contributed by atoms with E-state index >= 15 is 0 Å². The van der Waals surface area contributed by atoms with Crippen LogP contribution in [0.3, 0.4) is 0 Å². The van der Waals surface area contributed by atoms with E-state index in [9.17, 15) is 4.79 Å². The lowest BCUT2D eigenvalue weighted by molar-refractivity contribution is -0.121. The Morgan fingerprint density at radius 2 is 2.22 bits per heavy atom. The molecule has 0 radical (unpaired) electrons. The molecule has 0 aliphatic rings. The molecule has 0 heterocycles. The van der Waals surface area contributed by atoms with Gasteiger partial charge >= 0.3 is 0 Å². The number of nitrogens with zero attached hydrogens (tertiary/aromatic N) is 1. The molecule has 0 saturated carbocycles. The van der Waals surface area contributed by atoms with Gasteiger partial charge in [-0.05, 0) is 21.0 Å². The number of carbonyl (C=O) groups excluding carboxylic acids is 1. The van der Waals surface area contributed by atoms with E-state index in [2.05, 4.69) is 5.32 Å². The maximum absolute atomic E-state index is 10.7. The first-order chi connectivity index (χ1) is 4.16. The van der Waals surface area contributed by atoms with Crippen molar-refractivity contribution < 1.29 is 6.22 Å². The summed E-state index contributed by atoms with van der Waals surface area (Å²) < 4.78 is 0. The first-order valence-electron chi connectivity index (χ1n) is 3.08. The van der Waals surface area contributed by atoms with Crippen LogP contribution in [-0.2, 0) is 4.79 Å². The van der Waals surface area contributed by atoms with E-state index < -0.39 is 0 Å². The van der Waals surface area contributed by atoms with Gasteiger partial charge in [-0.2, -0.15) is 0 Å². The van der Waals surface area contributed by atoms with Crippen molar-refractivity contribution in [3.63, 3.8) is 0 Å². The van der Waals surface area contributed by atoms with Gasteiger partial charge in [0.2, 0.25) is 5.91 Å². The Labute approximate surface area is 57.5 Å². The highest BCUT2D eigenvalue weighted by Gasteiger charge is 1.98. The van der Waals surface area contributed by atoms with Crippen molar-refractivity contribution in [3.05, 3.63) is 0 Å². The van der Waals surface area contributed by atoms with Crippen LogP contribution in [0.4, 0.5) is 0 Å². The molecule has 0 aliphatic carbocycles. The monoisotopic (exact) mass is 132 g/mol. The second-order valence-corrected chi connectivity index (χ2v) is 2.19. The van der Waals surface area contributed by atoms with Gasteiger partial charge in [-0.3, -0.25) is 4.79 Å². The zero-order valence-corrected chi connectivity index (χ0v) is 6.27. The molecule has 3 nitrogen and oxygen atoms in total. The van der Waals surface area contributed by atoms with Gasteiger partial charge in [0, 0.05) is 7.97 Å². The van der Waals surface area contributed by atoms with Crippen LogP contribution < -0.4 is 5.32 Å². The van der Waals surface area contributed by atoms with Crippen LogP contribution in [0.15, 0.2) is 0 Å². The van der Waals surface area contributed by atoms with E-state index in [1.54, 1.807) is 0 Å². The fourth-order valence-corrected chi connectivity index (χ4v) is 0.540. The Balaban J connectivity index is 0. The quantitative estimate of drug-likeness (QED) is 0.583. The van der Waals surface area contributed by atoms with E-state index in [1.807, 2.05) is 25.9 Å². The molecule has 0 aromatic rings. The highest BCUT2D eigenvalue weighted by atomic mass is 16.1. The Kier molecular flexibility index (Phi) is 4.05. The van der Waals surface area contributed by atoms with Crippen molar-refractivity contribution in [2.75, 3.05) is 27.2 Å². The standard InChI is InChI=1S/C6H14N2O.H2/c1-4-7-6(9)5-8(2)3;/h4-5H2,1-3H3,(H,7,9);1H. The molecule has 0 fully saturated rings. The third kappa shape index (κ3) is 5.30. The van der Waals surface area contributed by atoms with E-state index in [0.717, 1.165) is 0 Å². The fourth-order valence-electron chi connectivity index (χ4n) is 0.540. The zero-order chi connectivity index (χ0) is 7.28. The lowest BCUT2D eigenvalue weighted by Gasteiger charge is -2.07. The first-order valence-corrected chi connectivity index (χ1v) is 3.08. The summed E-state index contributed by atoms with van der Waals surface area (Å²) in [6, 6.07) is 0. The van der Waals surface area contributed by atoms with Crippen LogP contribution in [0.5, 0.6) is 0 Å². The summed E-state index contributed by atoms with van der Waals surface area (Å²) in [5.74, 6) is 0.0856. The minimum absolute atomic E-state index is 0. The average Bonchev–Trinajstić information content (AvgIpc) is 1.63. The lowest BCUT2D eigenvalue weighted by Crippen LogP contribution is -2.32. The Morgan fingerprint density at radius 1 is 1.67 bits per heavy atom. The molecule has 3 heteroatoms. The molecule has 0 rings (SSSR count). The highest BCUT2D eigenvalue weighted by Crippen LogP contribution is 1.72. The van der Waals surface area contributed by atoms with Crippen LogP contribution in [0.25, 0.3) is 0 Å². The van der Waals surface area contributed by atoms with E-state index in [4.69, 9.17) is 0 Å². The van der Waals surface area contributed by atoms with Gasteiger partial charge in [0.1, 0.15) is 0 Å². The second-order valence-electron chi connectivity index (χ2n) is 2.19. The number of rotatable bonds is 3. The molecule has 0 atom stereocenters. The second kappa shape index (κ2) is 4.32. The molecule has 0 aromatic heterocycles. The van der Waals surface area contributed by atoms with Crippen molar-refractivity contribution in [2.45, 2.75) is 6.92 Å². The first kappa shape index (κ1) is 8.43. The van der Waals surface area contributed by atoms with Gasteiger partial charge in [-0.25, -0.2) is 0 Å². The fraction of sp³-hybridized carbons (Fsp3) is 0.833. The van der Waals surface area contributed by atoms with Gasteiger partial charge < -0.3 is 10.2 Å². The minimum Gasteiger partial charge on any atom is -0.355 e. The van der Waals surface area contributed by atoms with E-state index in [1.165, 1.54) is 0 Å². The summed E-state index contributed by atoms with van der Waals surface area (Å²) in [5, 5.41) is 2.70. The predicted molar refractivity (Wildman–Crippen MR) is 39.4 cm³/mol. The Hall–Kier alpha value is -0.570. The third-order valence-corrected chi connectivity index (χ3v) is 0.834. The summed E-state index contributed by atoms with van der Waals surface area (Å²) in [4.78, 5) is 12.5. The lowest BCUT2D eigenvalue weighted by atomic mass is 10.5. The largest absolute Gasteiger partial charge is 0.355 e. The predicted octanol–water partition coefficient (Wildman–Crippen LogP) is -0.0699. The summed E-state index contributed by atoms with van der Waals surface area (Å²) in [5.41, 5.74) is 0. The maximum atomic E-state index is 10.7. The Morgan fingerprint density at radius 3 is 2.56 bits per heavy atom. The highest BCUT2D eigenvalue weighted by molar-refractivity contribution is 5.77. The molecule has 0 aromatic carbocycles. The third-order valence-electron chi connectivity index (χ3n) is 0.834. The number of likely N-dealkylation sites (N-methyl/N-ethyl adjacent to an activating group) is 2. The minimum atomic E-state index is 0. The molecule has 9 heavy (non-hydrogen) atoms. The van der Waals surface area contributed by atoms with E-state index in [-0.39, 0.29) is 7.33 Å². The molecule has 1 N–H and O–H groups in total. The van der Waals surface area contributed by atoms with Crippen LogP contribution >= 0.6 is 0 Å². The number of hydrogen-bond donors (Lipinski definition) is 1. The number of hydrogen-bond acceptors (Lipinski definition) is 2. The summed E-state index contributed by atoms with van der Waals surface area (Å²) in [6.45, 7) is 3.11. The molecule has 56 valence electrons. The van der Waals surface area contributed by atoms with Gasteiger partial charge in [0.15, 0.2) is 0 Å². The normalized spacial score (nSPS) is 9.78. The maximum Gasteiger partial charge on any atom is 0.234 e. The van der Waals surface area contributed by atoms with Gasteiger partial charge in [-0.15, -0.1) is 0 Å². The molecular weight excluding hydrogens is 116 g/mol. The number of nitrogens with one attached hydrogen (secondary N) is 1. The van der Waals surface area contributed by atoms with Crippen molar-refractivity contribution >= 4 is 5.91 Å². The van der Waals surface area contributed by atoms with E-state index in [0.29, 0.717) is 13.1 Å². The smallest absolute Gasteiger partial charge is 0.234 e. The van der Waals surface area contributed by atoms with Crippen LogP contribution in [-0.4, -0.2) is 38.0 Å². The van der Waals surface area contributed by atoms with Crippen molar-refractivity contribution in [1.29, 1.82) is 0 Å². The zero-order valence-electron chi connectivity index (χ0n) is 6.27. The molecule has 0 aliphatic heterocycles. The van der Waals surface area contributed by atoms with Crippen LogP contribution in [0, 0.1) is 0 Å². The molecule has 0 bridgehead atoms. The van der Waals surface area contributed by atoms with Gasteiger partial charge in [0.05, 0.1) is 6.54 Å². The van der Waals surface area contributed by atoms with Gasteiger partial charge in [-0.1, -0.05) is 0 Å². The molecule has 1 amide bonds. The van der Waals surface area contributed by atoms with Crippen LogP contribution in [0.1, 0.15) is 8.35 Å². The van der Waals surface area contributed by atoms with Crippen LogP contribution in [0.2, 0.25) is 0 Å². The van der Waals surface area contributed by atoms with Crippen molar-refractivity contribution in [2.24, 2.45) is 0 Å². The average molecular weight is 132 g/mol.